The fourth-order valence-electron chi connectivity index (χ4n) is 3.41. The van der Waals surface area contributed by atoms with Gasteiger partial charge in [0.1, 0.15) is 5.75 Å². The number of carbonyl (C=O) groups is 2. The number of methoxy groups -OCH3 is 1. The number of carbonyl (C=O) groups excluding carboxylic acids is 2. The number of likely N-dealkylation sites (tertiary alicyclic amines) is 1. The van der Waals surface area contributed by atoms with Gasteiger partial charge in [0.2, 0.25) is 11.8 Å². The van der Waals surface area contributed by atoms with Gasteiger partial charge in [-0.05, 0) is 43.2 Å². The van der Waals surface area contributed by atoms with Crippen molar-refractivity contribution < 1.29 is 14.3 Å². The van der Waals surface area contributed by atoms with Crippen LogP contribution in [-0.2, 0) is 16.1 Å². The maximum atomic E-state index is 12.4. The summed E-state index contributed by atoms with van der Waals surface area (Å²) in [5, 5.41) is 7.29. The fraction of sp³-hybridized carbons (Fsp3) is 0.429. The van der Waals surface area contributed by atoms with Gasteiger partial charge in [0, 0.05) is 44.1 Å². The predicted molar refractivity (Wildman–Crippen MR) is 108 cm³/mol. The Balaban J connectivity index is 1.56. The molecule has 1 fully saturated rings. The Morgan fingerprint density at radius 3 is 2.45 bits per heavy atom. The van der Waals surface area contributed by atoms with E-state index in [2.05, 4.69) is 10.4 Å². The van der Waals surface area contributed by atoms with Crippen molar-refractivity contribution in [2.45, 2.75) is 26.3 Å². The quantitative estimate of drug-likeness (QED) is 0.792. The lowest BCUT2D eigenvalue weighted by Crippen LogP contribution is -2.43. The summed E-state index contributed by atoms with van der Waals surface area (Å²) in [4.78, 5) is 37.6. The van der Waals surface area contributed by atoms with Crippen molar-refractivity contribution in [2.24, 2.45) is 5.92 Å². The van der Waals surface area contributed by atoms with Gasteiger partial charge >= 0.3 is 0 Å². The highest BCUT2D eigenvalue weighted by molar-refractivity contribution is 5.79. The second kappa shape index (κ2) is 9.36. The molecule has 8 heteroatoms. The number of benzene rings is 1. The first-order chi connectivity index (χ1) is 14.0. The molecular formula is C21H26N4O4. The first kappa shape index (κ1) is 20.6. The Bertz CT molecular complexity index is 915. The molecule has 0 spiro atoms. The lowest BCUT2D eigenvalue weighted by atomic mass is 9.96. The number of piperidine rings is 1. The first-order valence-corrected chi connectivity index (χ1v) is 9.74. The molecule has 0 radical (unpaired) electrons. The minimum absolute atomic E-state index is 0.0347. The molecule has 3 rings (SSSR count). The van der Waals surface area contributed by atoms with E-state index in [4.69, 9.17) is 4.74 Å². The van der Waals surface area contributed by atoms with Crippen LogP contribution in [0.1, 0.15) is 19.8 Å². The number of nitrogens with one attached hydrogen (secondary N) is 1. The maximum absolute atomic E-state index is 12.4. The van der Waals surface area contributed by atoms with Crippen LogP contribution in [0.3, 0.4) is 0 Å². The molecule has 154 valence electrons. The van der Waals surface area contributed by atoms with Gasteiger partial charge < -0.3 is 15.0 Å². The Hall–Kier alpha value is -3.16. The van der Waals surface area contributed by atoms with Crippen LogP contribution >= 0.6 is 0 Å². The summed E-state index contributed by atoms with van der Waals surface area (Å²) in [5.74, 6) is 0.665. The Kier molecular flexibility index (Phi) is 6.64. The predicted octanol–water partition coefficient (Wildman–Crippen LogP) is 1.29. The average Bonchev–Trinajstić information content (AvgIpc) is 2.75. The maximum Gasteiger partial charge on any atom is 0.266 e. The molecule has 0 unspecified atom stereocenters. The SMILES string of the molecule is COc1ccc(-c2ccc(=O)n(CCNC(=O)C3CCN(C(C)=O)CC3)n2)cc1. The monoisotopic (exact) mass is 398 g/mol. The fourth-order valence-corrected chi connectivity index (χ4v) is 3.41. The molecule has 2 amide bonds. The number of amides is 2. The molecular weight excluding hydrogens is 372 g/mol. The van der Waals surface area contributed by atoms with Crippen LogP contribution in [0.15, 0.2) is 41.2 Å². The van der Waals surface area contributed by atoms with Crippen LogP contribution in [0.2, 0.25) is 0 Å². The third-order valence-corrected chi connectivity index (χ3v) is 5.19. The van der Waals surface area contributed by atoms with Gasteiger partial charge in [-0.25, -0.2) is 4.68 Å². The van der Waals surface area contributed by atoms with E-state index in [0.29, 0.717) is 44.7 Å². The molecule has 1 aromatic heterocycles. The van der Waals surface area contributed by atoms with Crippen LogP contribution in [0.4, 0.5) is 0 Å². The number of ether oxygens (including phenoxy) is 1. The third kappa shape index (κ3) is 5.22. The summed E-state index contributed by atoms with van der Waals surface area (Å²) in [6.07, 6.45) is 1.33. The highest BCUT2D eigenvalue weighted by atomic mass is 16.5. The number of hydrogen-bond acceptors (Lipinski definition) is 5. The first-order valence-electron chi connectivity index (χ1n) is 9.74. The van der Waals surface area contributed by atoms with Crippen molar-refractivity contribution in [1.29, 1.82) is 0 Å². The molecule has 2 aromatic rings. The summed E-state index contributed by atoms with van der Waals surface area (Å²) in [6.45, 7) is 3.38. The summed E-state index contributed by atoms with van der Waals surface area (Å²) < 4.78 is 6.52. The number of aromatic nitrogens is 2. The van der Waals surface area contributed by atoms with Crippen LogP contribution in [0, 0.1) is 5.92 Å². The van der Waals surface area contributed by atoms with E-state index in [-0.39, 0.29) is 23.3 Å². The normalized spacial score (nSPS) is 14.5. The van der Waals surface area contributed by atoms with Gasteiger partial charge in [-0.1, -0.05) is 0 Å². The lowest BCUT2D eigenvalue weighted by Gasteiger charge is -2.30. The van der Waals surface area contributed by atoms with E-state index in [9.17, 15) is 14.4 Å². The second-order valence-corrected chi connectivity index (χ2v) is 7.08. The lowest BCUT2D eigenvalue weighted by molar-refractivity contribution is -0.133. The van der Waals surface area contributed by atoms with Crippen molar-refractivity contribution in [3.05, 3.63) is 46.8 Å². The molecule has 1 N–H and O–H groups in total. The van der Waals surface area contributed by atoms with Crippen molar-refractivity contribution in [3.8, 4) is 17.0 Å². The van der Waals surface area contributed by atoms with Gasteiger partial charge in [0.25, 0.3) is 5.56 Å². The molecule has 1 saturated heterocycles. The van der Waals surface area contributed by atoms with Gasteiger partial charge in [-0.3, -0.25) is 14.4 Å². The summed E-state index contributed by atoms with van der Waals surface area (Å²) >= 11 is 0. The highest BCUT2D eigenvalue weighted by Crippen LogP contribution is 2.19. The minimum atomic E-state index is -0.216. The Labute approximate surface area is 169 Å². The Morgan fingerprint density at radius 2 is 1.83 bits per heavy atom. The number of rotatable bonds is 6. The average molecular weight is 398 g/mol. The van der Waals surface area contributed by atoms with E-state index in [1.807, 2.05) is 24.3 Å². The summed E-state index contributed by atoms with van der Waals surface area (Å²) in [5.41, 5.74) is 1.34. The molecule has 1 aliphatic heterocycles. The molecule has 0 saturated carbocycles. The summed E-state index contributed by atoms with van der Waals surface area (Å²) in [7, 11) is 1.61. The Morgan fingerprint density at radius 1 is 1.14 bits per heavy atom. The van der Waals surface area contributed by atoms with E-state index in [1.165, 1.54) is 10.7 Å². The zero-order valence-corrected chi connectivity index (χ0v) is 16.8. The van der Waals surface area contributed by atoms with E-state index >= 15 is 0 Å². The van der Waals surface area contributed by atoms with Crippen LogP contribution < -0.4 is 15.6 Å². The summed E-state index contributed by atoms with van der Waals surface area (Å²) in [6, 6.07) is 10.6. The standard InChI is InChI=1S/C21H26N4O4/c1-15(26)24-12-9-17(10-13-24)21(28)22-11-14-25-20(27)8-7-19(23-25)16-3-5-18(29-2)6-4-16/h3-8,17H,9-14H2,1-2H3,(H,22,28). The van der Waals surface area contributed by atoms with Gasteiger partial charge in [-0.15, -0.1) is 0 Å². The largest absolute Gasteiger partial charge is 0.497 e. The molecule has 29 heavy (non-hydrogen) atoms. The van der Waals surface area contributed by atoms with Crippen LogP contribution in [-0.4, -0.2) is 53.2 Å². The van der Waals surface area contributed by atoms with Gasteiger partial charge in [-0.2, -0.15) is 5.10 Å². The molecule has 0 bridgehead atoms. The minimum Gasteiger partial charge on any atom is -0.497 e. The van der Waals surface area contributed by atoms with Crippen molar-refractivity contribution in [3.63, 3.8) is 0 Å². The molecule has 8 nitrogen and oxygen atoms in total. The number of hydrogen-bond donors (Lipinski definition) is 1. The van der Waals surface area contributed by atoms with Crippen LogP contribution in [0.25, 0.3) is 11.3 Å². The van der Waals surface area contributed by atoms with Crippen LogP contribution in [0.5, 0.6) is 5.75 Å². The topological polar surface area (TPSA) is 93.5 Å². The van der Waals surface area contributed by atoms with Crippen molar-refractivity contribution in [1.82, 2.24) is 20.0 Å². The molecule has 1 aliphatic rings. The smallest absolute Gasteiger partial charge is 0.266 e. The van der Waals surface area contributed by atoms with Gasteiger partial charge in [0.15, 0.2) is 0 Å². The van der Waals surface area contributed by atoms with E-state index in [0.717, 1.165) is 11.3 Å². The third-order valence-electron chi connectivity index (χ3n) is 5.19. The zero-order valence-electron chi connectivity index (χ0n) is 16.8. The molecule has 2 heterocycles. The van der Waals surface area contributed by atoms with Crippen molar-refractivity contribution in [2.75, 3.05) is 26.7 Å². The molecule has 0 aliphatic carbocycles. The van der Waals surface area contributed by atoms with E-state index < -0.39 is 0 Å². The van der Waals surface area contributed by atoms with E-state index in [1.54, 1.807) is 25.0 Å². The highest BCUT2D eigenvalue weighted by Gasteiger charge is 2.25. The molecule has 0 atom stereocenters. The zero-order chi connectivity index (χ0) is 20.8. The number of nitrogens with zero attached hydrogens (tertiary/aromatic N) is 3. The van der Waals surface area contributed by atoms with Crippen molar-refractivity contribution >= 4 is 11.8 Å². The second-order valence-electron chi connectivity index (χ2n) is 7.08. The van der Waals surface area contributed by atoms with Gasteiger partial charge in [0.05, 0.1) is 19.3 Å². The molecule has 1 aromatic carbocycles.